The van der Waals surface area contributed by atoms with Crippen molar-refractivity contribution in [3.63, 3.8) is 0 Å². The lowest BCUT2D eigenvalue weighted by molar-refractivity contribution is -0.123. The second-order valence-corrected chi connectivity index (χ2v) is 5.43. The number of ether oxygens (including phenoxy) is 2. The zero-order valence-corrected chi connectivity index (χ0v) is 11.6. The quantitative estimate of drug-likeness (QED) is 0.865. The fourth-order valence-corrected chi connectivity index (χ4v) is 2.85. The van der Waals surface area contributed by atoms with Crippen molar-refractivity contribution in [2.24, 2.45) is 0 Å². The summed E-state index contributed by atoms with van der Waals surface area (Å²) in [7, 11) is 1.67. The number of carbonyl (C=O) groups is 1. The first-order valence-electron chi connectivity index (χ1n) is 6.97. The van der Waals surface area contributed by atoms with Crippen LogP contribution in [-0.4, -0.2) is 44.9 Å². The van der Waals surface area contributed by atoms with Crippen LogP contribution in [0.5, 0.6) is 0 Å². The molecular formula is C15H20N2O3. The van der Waals surface area contributed by atoms with Crippen LogP contribution in [0, 0.1) is 0 Å². The van der Waals surface area contributed by atoms with E-state index in [9.17, 15) is 4.79 Å². The summed E-state index contributed by atoms with van der Waals surface area (Å²) in [6, 6.07) is 7.95. The molecule has 1 aromatic rings. The molecule has 2 atom stereocenters. The number of amides is 1. The van der Waals surface area contributed by atoms with Crippen LogP contribution in [-0.2, 0) is 14.3 Å². The molecule has 1 amide bonds. The molecule has 0 spiro atoms. The van der Waals surface area contributed by atoms with E-state index in [0.717, 1.165) is 17.7 Å². The molecule has 20 heavy (non-hydrogen) atoms. The van der Waals surface area contributed by atoms with Crippen molar-refractivity contribution < 1.29 is 14.3 Å². The molecule has 1 saturated heterocycles. The van der Waals surface area contributed by atoms with Gasteiger partial charge < -0.3 is 20.1 Å². The number of methoxy groups -OCH3 is 1. The Labute approximate surface area is 118 Å². The van der Waals surface area contributed by atoms with E-state index >= 15 is 0 Å². The predicted molar refractivity (Wildman–Crippen MR) is 75.9 cm³/mol. The molecule has 2 unspecified atom stereocenters. The first kappa shape index (κ1) is 13.4. The SMILES string of the molecule is COC1(CNC(=O)C2CNc3ccccc32)CCOC1. The summed E-state index contributed by atoms with van der Waals surface area (Å²) in [4.78, 5) is 12.4. The zero-order chi connectivity index (χ0) is 14.0. The lowest BCUT2D eigenvalue weighted by Crippen LogP contribution is -2.46. The zero-order valence-electron chi connectivity index (χ0n) is 11.6. The first-order chi connectivity index (χ1) is 9.74. The maximum atomic E-state index is 12.4. The Morgan fingerprint density at radius 1 is 1.55 bits per heavy atom. The van der Waals surface area contributed by atoms with Crippen molar-refractivity contribution in [2.45, 2.75) is 17.9 Å². The van der Waals surface area contributed by atoms with E-state index < -0.39 is 0 Å². The Hall–Kier alpha value is -1.59. The van der Waals surface area contributed by atoms with Crippen LogP contribution in [0.15, 0.2) is 24.3 Å². The van der Waals surface area contributed by atoms with E-state index in [1.807, 2.05) is 24.3 Å². The number of anilines is 1. The van der Waals surface area contributed by atoms with Gasteiger partial charge in [-0.2, -0.15) is 0 Å². The molecule has 108 valence electrons. The normalized spacial score (nSPS) is 27.9. The molecule has 1 aromatic carbocycles. The van der Waals surface area contributed by atoms with E-state index in [1.54, 1.807) is 7.11 Å². The summed E-state index contributed by atoms with van der Waals surface area (Å²) in [6.07, 6.45) is 0.823. The van der Waals surface area contributed by atoms with Gasteiger partial charge in [0.1, 0.15) is 5.60 Å². The van der Waals surface area contributed by atoms with Crippen molar-refractivity contribution in [1.82, 2.24) is 5.32 Å². The lowest BCUT2D eigenvalue weighted by Gasteiger charge is -2.26. The highest BCUT2D eigenvalue weighted by molar-refractivity contribution is 5.88. The van der Waals surface area contributed by atoms with E-state index in [4.69, 9.17) is 9.47 Å². The Balaban J connectivity index is 1.63. The molecule has 3 rings (SSSR count). The average Bonchev–Trinajstić information content (AvgIpc) is 3.12. The number of rotatable bonds is 4. The molecule has 0 aromatic heterocycles. The third-order valence-electron chi connectivity index (χ3n) is 4.23. The second kappa shape index (κ2) is 5.42. The number of nitrogens with one attached hydrogen (secondary N) is 2. The summed E-state index contributed by atoms with van der Waals surface area (Å²) >= 11 is 0. The van der Waals surface area contributed by atoms with E-state index in [-0.39, 0.29) is 17.4 Å². The van der Waals surface area contributed by atoms with Gasteiger partial charge in [-0.1, -0.05) is 18.2 Å². The van der Waals surface area contributed by atoms with Gasteiger partial charge in [0.15, 0.2) is 0 Å². The number of para-hydroxylation sites is 1. The van der Waals surface area contributed by atoms with Crippen molar-refractivity contribution in [3.05, 3.63) is 29.8 Å². The smallest absolute Gasteiger partial charge is 0.229 e. The first-order valence-corrected chi connectivity index (χ1v) is 6.97. The topological polar surface area (TPSA) is 59.6 Å². The van der Waals surface area contributed by atoms with Gasteiger partial charge in [0.05, 0.1) is 12.5 Å². The third kappa shape index (κ3) is 2.39. The fourth-order valence-electron chi connectivity index (χ4n) is 2.85. The van der Waals surface area contributed by atoms with Gasteiger partial charge in [-0.05, 0) is 11.6 Å². The largest absolute Gasteiger partial charge is 0.384 e. The van der Waals surface area contributed by atoms with Crippen LogP contribution in [0.25, 0.3) is 0 Å². The molecule has 5 nitrogen and oxygen atoms in total. The van der Waals surface area contributed by atoms with Gasteiger partial charge in [-0.3, -0.25) is 4.79 Å². The van der Waals surface area contributed by atoms with E-state index in [2.05, 4.69) is 10.6 Å². The molecule has 0 radical (unpaired) electrons. The maximum absolute atomic E-state index is 12.4. The van der Waals surface area contributed by atoms with Gasteiger partial charge in [0, 0.05) is 38.9 Å². The molecule has 0 aliphatic carbocycles. The van der Waals surface area contributed by atoms with E-state index in [0.29, 0.717) is 26.3 Å². The number of benzene rings is 1. The number of fused-ring (bicyclic) bond motifs is 1. The third-order valence-corrected chi connectivity index (χ3v) is 4.23. The van der Waals surface area contributed by atoms with E-state index in [1.165, 1.54) is 0 Å². The van der Waals surface area contributed by atoms with Crippen LogP contribution in [0.4, 0.5) is 5.69 Å². The fraction of sp³-hybridized carbons (Fsp3) is 0.533. The monoisotopic (exact) mass is 276 g/mol. The van der Waals surface area contributed by atoms with Crippen LogP contribution in [0.3, 0.4) is 0 Å². The molecule has 2 heterocycles. The summed E-state index contributed by atoms with van der Waals surface area (Å²) < 4.78 is 10.9. The number of carbonyl (C=O) groups excluding carboxylic acids is 1. The molecule has 1 fully saturated rings. The van der Waals surface area contributed by atoms with Gasteiger partial charge in [0.2, 0.25) is 5.91 Å². The number of hydrogen-bond acceptors (Lipinski definition) is 4. The Bertz CT molecular complexity index is 498. The molecule has 0 bridgehead atoms. The van der Waals surface area contributed by atoms with Crippen LogP contribution >= 0.6 is 0 Å². The molecule has 0 saturated carbocycles. The number of hydrogen-bond donors (Lipinski definition) is 2. The Morgan fingerprint density at radius 2 is 2.40 bits per heavy atom. The summed E-state index contributed by atoms with van der Waals surface area (Å²) in [5, 5.41) is 6.28. The molecule has 2 aliphatic rings. The minimum atomic E-state index is -0.360. The summed E-state index contributed by atoms with van der Waals surface area (Å²) in [6.45, 7) is 2.39. The van der Waals surface area contributed by atoms with Crippen LogP contribution in [0.1, 0.15) is 17.9 Å². The van der Waals surface area contributed by atoms with Crippen LogP contribution < -0.4 is 10.6 Å². The summed E-state index contributed by atoms with van der Waals surface area (Å²) in [5.74, 6) is -0.0757. The van der Waals surface area contributed by atoms with Crippen molar-refractivity contribution >= 4 is 11.6 Å². The lowest BCUT2D eigenvalue weighted by atomic mass is 9.99. The average molecular weight is 276 g/mol. The standard InChI is InChI=1S/C15H20N2O3/c1-19-15(6-7-20-10-15)9-17-14(18)12-8-16-13-5-3-2-4-11(12)13/h2-5,12,16H,6-10H2,1H3,(H,17,18). The van der Waals surface area contributed by atoms with Gasteiger partial charge in [-0.25, -0.2) is 0 Å². The van der Waals surface area contributed by atoms with Gasteiger partial charge >= 0.3 is 0 Å². The molecule has 2 aliphatic heterocycles. The molecule has 5 heteroatoms. The highest BCUT2D eigenvalue weighted by Gasteiger charge is 2.36. The summed E-state index contributed by atoms with van der Waals surface area (Å²) in [5.41, 5.74) is 1.76. The Kier molecular flexibility index (Phi) is 3.63. The molecule has 2 N–H and O–H groups in total. The minimum Gasteiger partial charge on any atom is -0.384 e. The van der Waals surface area contributed by atoms with Gasteiger partial charge in [0.25, 0.3) is 0 Å². The highest BCUT2D eigenvalue weighted by atomic mass is 16.5. The van der Waals surface area contributed by atoms with Crippen LogP contribution in [0.2, 0.25) is 0 Å². The predicted octanol–water partition coefficient (Wildman–Crippen LogP) is 1.12. The van der Waals surface area contributed by atoms with Crippen molar-refractivity contribution in [1.29, 1.82) is 0 Å². The minimum absolute atomic E-state index is 0.0470. The highest BCUT2D eigenvalue weighted by Crippen LogP contribution is 2.31. The second-order valence-electron chi connectivity index (χ2n) is 5.43. The van der Waals surface area contributed by atoms with Gasteiger partial charge in [-0.15, -0.1) is 0 Å². The Morgan fingerprint density at radius 3 is 3.15 bits per heavy atom. The molecular weight excluding hydrogens is 256 g/mol. The van der Waals surface area contributed by atoms with Crippen molar-refractivity contribution in [3.8, 4) is 0 Å². The van der Waals surface area contributed by atoms with Crippen molar-refractivity contribution in [2.75, 3.05) is 38.7 Å². The maximum Gasteiger partial charge on any atom is 0.229 e.